The molecule has 184 valence electrons. The summed E-state index contributed by atoms with van der Waals surface area (Å²) in [6, 6.07) is 9.68. The van der Waals surface area contributed by atoms with Crippen molar-refractivity contribution in [3.8, 4) is 11.3 Å². The third-order valence-corrected chi connectivity index (χ3v) is 6.06. The number of hydrogen-bond donors (Lipinski definition) is 1. The van der Waals surface area contributed by atoms with E-state index in [1.54, 1.807) is 10.7 Å². The molecule has 9 nitrogen and oxygen atoms in total. The summed E-state index contributed by atoms with van der Waals surface area (Å²) >= 11 is 0. The lowest BCUT2D eigenvalue weighted by molar-refractivity contribution is -0.0317. The number of aliphatic hydroxyl groups is 1. The molecule has 1 fully saturated rings. The Hall–Kier alpha value is -3.43. The molecule has 1 aliphatic rings. The fourth-order valence-corrected chi connectivity index (χ4v) is 4.44. The quantitative estimate of drug-likeness (QED) is 0.447. The third kappa shape index (κ3) is 5.01. The minimum absolute atomic E-state index is 0.0873. The molecule has 1 aromatic carbocycles. The molecule has 1 saturated heterocycles. The van der Waals surface area contributed by atoms with Gasteiger partial charge >= 0.3 is 6.09 Å². The molecule has 35 heavy (non-hydrogen) atoms. The van der Waals surface area contributed by atoms with Gasteiger partial charge in [-0.15, -0.1) is 5.10 Å². The Balaban J connectivity index is 1.37. The Bertz CT molecular complexity index is 1340. The Labute approximate surface area is 203 Å². The van der Waals surface area contributed by atoms with E-state index in [2.05, 4.69) is 21.1 Å². The van der Waals surface area contributed by atoms with Crippen molar-refractivity contribution in [3.05, 3.63) is 60.2 Å². The molecule has 1 atom stereocenters. The lowest BCUT2D eigenvalue weighted by Gasteiger charge is -2.23. The van der Waals surface area contributed by atoms with Crippen LogP contribution in [0.3, 0.4) is 0 Å². The Kier molecular flexibility index (Phi) is 6.21. The molecule has 0 saturated carbocycles. The van der Waals surface area contributed by atoms with E-state index in [1.807, 2.05) is 57.4 Å². The van der Waals surface area contributed by atoms with Crippen LogP contribution >= 0.6 is 0 Å². The first-order valence-electron chi connectivity index (χ1n) is 12.0. The molecule has 3 aromatic heterocycles. The highest BCUT2D eigenvalue weighted by atomic mass is 16.6. The maximum absolute atomic E-state index is 12.9. The van der Waals surface area contributed by atoms with Gasteiger partial charge in [-0.2, -0.15) is 0 Å². The normalized spacial score (nSPS) is 16.6. The summed E-state index contributed by atoms with van der Waals surface area (Å²) in [4.78, 5) is 12.9. The van der Waals surface area contributed by atoms with Crippen LogP contribution in [0.1, 0.15) is 57.5 Å². The van der Waals surface area contributed by atoms with E-state index in [0.29, 0.717) is 17.8 Å². The summed E-state index contributed by atoms with van der Waals surface area (Å²) in [6.45, 7) is 6.48. The van der Waals surface area contributed by atoms with Gasteiger partial charge in [-0.25, -0.2) is 14.0 Å². The molecule has 0 aliphatic carbocycles. The van der Waals surface area contributed by atoms with E-state index in [0.717, 1.165) is 41.7 Å². The van der Waals surface area contributed by atoms with Crippen molar-refractivity contribution in [1.29, 1.82) is 0 Å². The maximum atomic E-state index is 12.9. The van der Waals surface area contributed by atoms with Crippen molar-refractivity contribution in [2.75, 3.05) is 6.61 Å². The van der Waals surface area contributed by atoms with E-state index in [9.17, 15) is 9.90 Å². The van der Waals surface area contributed by atoms with Crippen LogP contribution in [0.4, 0.5) is 4.79 Å². The number of ether oxygens (including phenoxy) is 2. The number of hydrogen-bond acceptors (Lipinski definition) is 6. The van der Waals surface area contributed by atoms with Crippen molar-refractivity contribution < 1.29 is 19.4 Å². The van der Waals surface area contributed by atoms with Crippen LogP contribution in [0, 0.1) is 0 Å². The van der Waals surface area contributed by atoms with Crippen LogP contribution < -0.4 is 0 Å². The minimum Gasteiger partial charge on any atom is -0.443 e. The van der Waals surface area contributed by atoms with Crippen LogP contribution in [0.15, 0.2) is 48.9 Å². The lowest BCUT2D eigenvalue weighted by Crippen LogP contribution is -2.28. The number of rotatable bonds is 5. The van der Waals surface area contributed by atoms with Gasteiger partial charge in [-0.1, -0.05) is 17.3 Å². The number of aliphatic hydroxyl groups excluding tert-OH is 1. The molecule has 9 heteroatoms. The average molecular weight is 478 g/mol. The number of aromatic nitrogens is 5. The van der Waals surface area contributed by atoms with Gasteiger partial charge in [0.25, 0.3) is 0 Å². The van der Waals surface area contributed by atoms with Gasteiger partial charge in [0, 0.05) is 30.0 Å². The molecule has 4 heterocycles. The predicted molar refractivity (Wildman–Crippen MR) is 131 cm³/mol. The minimum atomic E-state index is -0.642. The predicted octanol–water partition coefficient (Wildman–Crippen LogP) is 4.72. The molecular weight excluding hydrogens is 446 g/mol. The lowest BCUT2D eigenvalue weighted by atomic mass is 10.1. The molecule has 0 radical (unpaired) electrons. The highest BCUT2D eigenvalue weighted by Gasteiger charge is 2.22. The summed E-state index contributed by atoms with van der Waals surface area (Å²) < 4.78 is 16.7. The number of nitrogens with zero attached hydrogens (tertiary/aromatic N) is 5. The number of fused-ring (bicyclic) bond motifs is 1. The van der Waals surface area contributed by atoms with E-state index in [4.69, 9.17) is 9.47 Å². The van der Waals surface area contributed by atoms with Crippen LogP contribution in [-0.4, -0.2) is 47.5 Å². The van der Waals surface area contributed by atoms with Gasteiger partial charge in [-0.3, -0.25) is 0 Å². The van der Waals surface area contributed by atoms with Gasteiger partial charge in [0.05, 0.1) is 30.6 Å². The molecule has 0 bridgehead atoms. The van der Waals surface area contributed by atoms with Crippen LogP contribution in [-0.2, 0) is 22.6 Å². The fraction of sp³-hybridized carbons (Fsp3) is 0.423. The zero-order valence-corrected chi connectivity index (χ0v) is 20.3. The van der Waals surface area contributed by atoms with Gasteiger partial charge in [-0.05, 0) is 63.8 Å². The van der Waals surface area contributed by atoms with E-state index in [-0.39, 0.29) is 12.8 Å². The molecular formula is C26H31N5O4. The van der Waals surface area contributed by atoms with E-state index in [1.165, 1.54) is 11.0 Å². The second kappa shape index (κ2) is 9.31. The van der Waals surface area contributed by atoms with Gasteiger partial charge in [0.2, 0.25) is 0 Å². The SMILES string of the molecule is CC(C)(C)OC(=O)n1c(CO)cc2ccc(Cn3cc(-c4ccn(C5CCCCO5)c4)nn3)cc21. The van der Waals surface area contributed by atoms with Crippen molar-refractivity contribution in [2.45, 2.75) is 65.0 Å². The zero-order valence-electron chi connectivity index (χ0n) is 20.3. The Morgan fingerprint density at radius 1 is 1.20 bits per heavy atom. The van der Waals surface area contributed by atoms with Gasteiger partial charge in [0.15, 0.2) is 0 Å². The molecule has 4 aromatic rings. The fourth-order valence-electron chi connectivity index (χ4n) is 4.44. The topological polar surface area (TPSA) is 96.3 Å². The largest absolute Gasteiger partial charge is 0.443 e. The van der Waals surface area contributed by atoms with E-state index >= 15 is 0 Å². The third-order valence-electron chi connectivity index (χ3n) is 6.06. The molecule has 1 unspecified atom stereocenters. The highest BCUT2D eigenvalue weighted by molar-refractivity contribution is 5.91. The van der Waals surface area contributed by atoms with Crippen LogP contribution in [0.25, 0.3) is 22.2 Å². The van der Waals surface area contributed by atoms with Crippen molar-refractivity contribution >= 4 is 17.0 Å². The second-order valence-corrected chi connectivity index (χ2v) is 9.97. The molecule has 0 amide bonds. The molecule has 1 aliphatic heterocycles. The number of carbonyl (C=O) groups excluding carboxylic acids is 1. The average Bonchev–Trinajstić information content (AvgIpc) is 3.56. The van der Waals surface area contributed by atoms with Gasteiger partial charge in [0.1, 0.15) is 17.5 Å². The van der Waals surface area contributed by atoms with Crippen LogP contribution in [0.5, 0.6) is 0 Å². The number of carbonyl (C=O) groups is 1. The van der Waals surface area contributed by atoms with Crippen molar-refractivity contribution in [1.82, 2.24) is 24.1 Å². The summed E-state index contributed by atoms with van der Waals surface area (Å²) in [5, 5.41) is 19.3. The first-order chi connectivity index (χ1) is 16.8. The Morgan fingerprint density at radius 2 is 2.06 bits per heavy atom. The van der Waals surface area contributed by atoms with Crippen molar-refractivity contribution in [2.24, 2.45) is 0 Å². The summed E-state index contributed by atoms with van der Waals surface area (Å²) in [5.41, 5.74) is 3.27. The first-order valence-corrected chi connectivity index (χ1v) is 12.0. The smallest absolute Gasteiger partial charge is 0.419 e. The molecule has 5 rings (SSSR count). The second-order valence-electron chi connectivity index (χ2n) is 9.97. The highest BCUT2D eigenvalue weighted by Crippen LogP contribution is 2.27. The standard InChI is InChI=1S/C26H31N5O4/c1-26(2,3)35-25(33)31-21(17-32)13-19-8-7-18(12-23(19)31)14-30-16-22(27-28-30)20-9-10-29(15-20)24-6-4-5-11-34-24/h7-10,12-13,15-16,24,32H,4-6,11,14,17H2,1-3H3. The first kappa shape index (κ1) is 23.3. The molecule has 1 N–H and O–H groups in total. The number of benzene rings is 1. The van der Waals surface area contributed by atoms with Crippen molar-refractivity contribution in [3.63, 3.8) is 0 Å². The monoisotopic (exact) mass is 477 g/mol. The Morgan fingerprint density at radius 3 is 2.80 bits per heavy atom. The summed E-state index contributed by atoms with van der Waals surface area (Å²) in [5.74, 6) is 0. The molecule has 0 spiro atoms. The van der Waals surface area contributed by atoms with Gasteiger partial charge < -0.3 is 19.1 Å². The summed E-state index contributed by atoms with van der Waals surface area (Å²) in [7, 11) is 0. The summed E-state index contributed by atoms with van der Waals surface area (Å²) in [6.07, 6.45) is 8.89. The maximum Gasteiger partial charge on any atom is 0.419 e. The van der Waals surface area contributed by atoms with E-state index < -0.39 is 11.7 Å². The zero-order chi connectivity index (χ0) is 24.6. The van der Waals surface area contributed by atoms with Crippen LogP contribution in [0.2, 0.25) is 0 Å².